The summed E-state index contributed by atoms with van der Waals surface area (Å²) in [5.41, 5.74) is 2.85. The molecule has 0 fully saturated rings. The maximum absolute atomic E-state index is 10.3. The van der Waals surface area contributed by atoms with Crippen LogP contribution in [0.4, 0.5) is 0 Å². The van der Waals surface area contributed by atoms with E-state index in [4.69, 9.17) is 9.47 Å². The lowest BCUT2D eigenvalue weighted by molar-refractivity contribution is 0.249. The SMILES string of the molecule is Oc1cccc(OCCCCCCCc2ccccc2)c1OCCCCCCCc1ccccc1. The van der Waals surface area contributed by atoms with E-state index in [9.17, 15) is 5.11 Å². The van der Waals surface area contributed by atoms with Crippen molar-refractivity contribution in [2.75, 3.05) is 13.2 Å². The largest absolute Gasteiger partial charge is 0.504 e. The lowest BCUT2D eigenvalue weighted by atomic mass is 10.1. The number of phenols is 1. The molecular weight excluding hydrogens is 432 g/mol. The minimum atomic E-state index is 0.159. The van der Waals surface area contributed by atoms with Crippen molar-refractivity contribution in [3.8, 4) is 17.2 Å². The van der Waals surface area contributed by atoms with Crippen molar-refractivity contribution in [2.24, 2.45) is 0 Å². The average Bonchev–Trinajstić information content (AvgIpc) is 2.89. The number of rotatable bonds is 18. The third-order valence-corrected chi connectivity index (χ3v) is 6.37. The highest BCUT2D eigenvalue weighted by molar-refractivity contribution is 5.50. The first-order chi connectivity index (χ1) is 17.3. The van der Waals surface area contributed by atoms with Crippen LogP contribution in [0.2, 0.25) is 0 Å². The van der Waals surface area contributed by atoms with Gasteiger partial charge in [0.1, 0.15) is 0 Å². The van der Waals surface area contributed by atoms with Crippen LogP contribution < -0.4 is 9.47 Å². The second-order valence-corrected chi connectivity index (χ2v) is 9.31. The molecule has 3 aromatic carbocycles. The monoisotopic (exact) mass is 474 g/mol. The van der Waals surface area contributed by atoms with Crippen molar-refractivity contribution in [3.63, 3.8) is 0 Å². The number of phenolic OH excluding ortho intramolecular Hbond substituents is 1. The van der Waals surface area contributed by atoms with E-state index in [0.29, 0.717) is 24.7 Å². The maximum atomic E-state index is 10.3. The maximum Gasteiger partial charge on any atom is 0.203 e. The third-order valence-electron chi connectivity index (χ3n) is 6.37. The van der Waals surface area contributed by atoms with Crippen LogP contribution in [0.15, 0.2) is 78.9 Å². The van der Waals surface area contributed by atoms with Gasteiger partial charge in [-0.15, -0.1) is 0 Å². The summed E-state index contributed by atoms with van der Waals surface area (Å²) in [5, 5.41) is 10.3. The van der Waals surface area contributed by atoms with Gasteiger partial charge in [0, 0.05) is 0 Å². The topological polar surface area (TPSA) is 38.7 Å². The Labute approximate surface area is 212 Å². The zero-order valence-electron chi connectivity index (χ0n) is 21.2. The van der Waals surface area contributed by atoms with Crippen LogP contribution in [0.25, 0.3) is 0 Å². The number of hydrogen-bond donors (Lipinski definition) is 1. The van der Waals surface area contributed by atoms with Gasteiger partial charge < -0.3 is 14.6 Å². The Bertz CT molecular complexity index is 924. The summed E-state index contributed by atoms with van der Waals surface area (Å²) in [4.78, 5) is 0. The highest BCUT2D eigenvalue weighted by atomic mass is 16.5. The molecule has 0 amide bonds. The summed E-state index contributed by atoms with van der Waals surface area (Å²) in [5.74, 6) is 1.29. The molecule has 0 unspecified atom stereocenters. The molecule has 0 saturated carbocycles. The zero-order chi connectivity index (χ0) is 24.4. The molecule has 3 rings (SSSR count). The van der Waals surface area contributed by atoms with Gasteiger partial charge in [0.15, 0.2) is 11.5 Å². The molecule has 0 bridgehead atoms. The van der Waals surface area contributed by atoms with E-state index in [1.807, 2.05) is 12.1 Å². The predicted octanol–water partition coefficient (Wildman–Crippen LogP) is 8.54. The quantitative estimate of drug-likeness (QED) is 0.188. The molecule has 0 spiro atoms. The van der Waals surface area contributed by atoms with Gasteiger partial charge in [-0.2, -0.15) is 0 Å². The van der Waals surface area contributed by atoms with Crippen molar-refractivity contribution in [1.82, 2.24) is 0 Å². The molecule has 0 saturated heterocycles. The molecule has 0 aromatic heterocycles. The fraction of sp³-hybridized carbons (Fsp3) is 0.438. The molecular formula is C32H42O3. The highest BCUT2D eigenvalue weighted by Gasteiger charge is 2.10. The Morgan fingerprint density at radius 1 is 0.457 bits per heavy atom. The molecule has 188 valence electrons. The van der Waals surface area contributed by atoms with Crippen LogP contribution in [-0.4, -0.2) is 18.3 Å². The molecule has 3 nitrogen and oxygen atoms in total. The average molecular weight is 475 g/mol. The van der Waals surface area contributed by atoms with Gasteiger partial charge in [-0.3, -0.25) is 0 Å². The summed E-state index contributed by atoms with van der Waals surface area (Å²) in [6.07, 6.45) is 14.0. The molecule has 3 aromatic rings. The van der Waals surface area contributed by atoms with Crippen molar-refractivity contribution in [3.05, 3.63) is 90.0 Å². The molecule has 0 radical (unpaired) electrons. The fourth-order valence-corrected chi connectivity index (χ4v) is 4.33. The number of ether oxygens (including phenoxy) is 2. The molecule has 0 atom stereocenters. The van der Waals surface area contributed by atoms with Gasteiger partial charge in [0.05, 0.1) is 13.2 Å². The summed E-state index contributed by atoms with van der Waals surface area (Å²) in [7, 11) is 0. The van der Waals surface area contributed by atoms with Crippen LogP contribution >= 0.6 is 0 Å². The van der Waals surface area contributed by atoms with E-state index < -0.39 is 0 Å². The first kappa shape index (κ1) is 26.7. The molecule has 3 heteroatoms. The fourth-order valence-electron chi connectivity index (χ4n) is 4.33. The van der Waals surface area contributed by atoms with Crippen molar-refractivity contribution >= 4 is 0 Å². The van der Waals surface area contributed by atoms with Crippen LogP contribution in [0, 0.1) is 0 Å². The Hall–Kier alpha value is -2.94. The van der Waals surface area contributed by atoms with E-state index in [0.717, 1.165) is 38.5 Å². The first-order valence-electron chi connectivity index (χ1n) is 13.5. The molecule has 0 heterocycles. The summed E-state index contributed by atoms with van der Waals surface area (Å²) in [6, 6.07) is 26.8. The molecule has 1 N–H and O–H groups in total. The van der Waals surface area contributed by atoms with Crippen LogP contribution in [0.1, 0.15) is 75.3 Å². The third kappa shape index (κ3) is 10.9. The lowest BCUT2D eigenvalue weighted by Gasteiger charge is -2.14. The highest BCUT2D eigenvalue weighted by Crippen LogP contribution is 2.36. The number of para-hydroxylation sites is 1. The van der Waals surface area contributed by atoms with Gasteiger partial charge in [-0.1, -0.05) is 105 Å². The van der Waals surface area contributed by atoms with Crippen LogP contribution in [-0.2, 0) is 12.8 Å². The Kier molecular flexibility index (Phi) is 12.7. The smallest absolute Gasteiger partial charge is 0.203 e. The van der Waals surface area contributed by atoms with Gasteiger partial charge in [0.25, 0.3) is 0 Å². The molecule has 35 heavy (non-hydrogen) atoms. The van der Waals surface area contributed by atoms with Crippen LogP contribution in [0.5, 0.6) is 17.2 Å². The molecule has 0 aliphatic rings. The van der Waals surface area contributed by atoms with Crippen LogP contribution in [0.3, 0.4) is 0 Å². The van der Waals surface area contributed by atoms with E-state index in [-0.39, 0.29) is 5.75 Å². The minimum Gasteiger partial charge on any atom is -0.504 e. The van der Waals surface area contributed by atoms with Crippen molar-refractivity contribution in [1.29, 1.82) is 0 Å². The number of benzene rings is 3. The standard InChI is InChI=1S/C32H42O3/c33-30-24-17-25-31(34-26-15-5-1-3-9-18-28-20-11-7-12-21-28)32(30)35-27-16-6-2-4-10-19-29-22-13-8-14-23-29/h7-8,11-14,17,20-25,33H,1-6,9-10,15-16,18-19,26-27H2. The lowest BCUT2D eigenvalue weighted by Crippen LogP contribution is -2.03. The zero-order valence-corrected chi connectivity index (χ0v) is 21.2. The van der Waals surface area contributed by atoms with E-state index in [1.54, 1.807) is 6.07 Å². The Balaban J connectivity index is 1.23. The van der Waals surface area contributed by atoms with Gasteiger partial charge in [-0.25, -0.2) is 0 Å². The van der Waals surface area contributed by atoms with Crippen molar-refractivity contribution < 1.29 is 14.6 Å². The Morgan fingerprint density at radius 3 is 1.51 bits per heavy atom. The summed E-state index contributed by atoms with van der Waals surface area (Å²) in [6.45, 7) is 1.26. The number of hydrogen-bond acceptors (Lipinski definition) is 3. The van der Waals surface area contributed by atoms with Crippen molar-refractivity contribution in [2.45, 2.75) is 77.0 Å². The second kappa shape index (κ2) is 16.6. The number of aromatic hydroxyl groups is 1. The predicted molar refractivity (Wildman–Crippen MR) is 146 cm³/mol. The van der Waals surface area contributed by atoms with E-state index >= 15 is 0 Å². The number of unbranched alkanes of at least 4 members (excludes halogenated alkanes) is 8. The van der Waals surface area contributed by atoms with E-state index in [2.05, 4.69) is 60.7 Å². The Morgan fingerprint density at radius 2 is 0.943 bits per heavy atom. The molecule has 0 aliphatic heterocycles. The second-order valence-electron chi connectivity index (χ2n) is 9.31. The molecule has 0 aliphatic carbocycles. The normalized spacial score (nSPS) is 10.9. The number of aryl methyl sites for hydroxylation is 2. The summed E-state index contributed by atoms with van der Waals surface area (Å²) >= 11 is 0. The van der Waals surface area contributed by atoms with E-state index in [1.165, 1.54) is 49.7 Å². The first-order valence-corrected chi connectivity index (χ1v) is 13.5. The summed E-state index contributed by atoms with van der Waals surface area (Å²) < 4.78 is 11.9. The van der Waals surface area contributed by atoms with Gasteiger partial charge >= 0.3 is 0 Å². The van der Waals surface area contributed by atoms with Gasteiger partial charge in [-0.05, 0) is 61.8 Å². The minimum absolute atomic E-state index is 0.159. The van der Waals surface area contributed by atoms with Gasteiger partial charge in [0.2, 0.25) is 5.75 Å².